The summed E-state index contributed by atoms with van der Waals surface area (Å²) in [6, 6.07) is 13.7. The number of carbonyl (C=O) groups excluding carboxylic acids is 1. The zero-order valence-electron chi connectivity index (χ0n) is 22.0. The van der Waals surface area contributed by atoms with Gasteiger partial charge in [-0.3, -0.25) is 0 Å². The summed E-state index contributed by atoms with van der Waals surface area (Å²) in [5.41, 5.74) is 1.71. The summed E-state index contributed by atoms with van der Waals surface area (Å²) in [4.78, 5) is 11.4. The number of hydrogen-bond acceptors (Lipinski definition) is 4. The van der Waals surface area contributed by atoms with Gasteiger partial charge in [-0.1, -0.05) is 51.5 Å². The Morgan fingerprint density at radius 3 is 2.49 bits per heavy atom. The van der Waals surface area contributed by atoms with Gasteiger partial charge < -0.3 is 14.8 Å². The SMILES string of the molecule is COC(=O)C=CC1CCCC(NCc2ccc3cc(OC4CCC(C(C)(C)C)CC4)ccc3c2)C1. The molecule has 2 saturated carbocycles. The molecular formula is C31H43NO3. The average Bonchev–Trinajstić information content (AvgIpc) is 2.86. The molecule has 0 aromatic heterocycles. The van der Waals surface area contributed by atoms with Crippen LogP contribution in [-0.4, -0.2) is 25.2 Å². The minimum Gasteiger partial charge on any atom is -0.490 e. The molecule has 2 aliphatic carbocycles. The Kier molecular flexibility index (Phi) is 8.54. The maximum Gasteiger partial charge on any atom is 0.330 e. The zero-order chi connectivity index (χ0) is 24.8. The average molecular weight is 478 g/mol. The predicted octanol–water partition coefficient (Wildman–Crippen LogP) is 7.20. The van der Waals surface area contributed by atoms with E-state index < -0.39 is 0 Å². The molecule has 35 heavy (non-hydrogen) atoms. The maximum absolute atomic E-state index is 11.4. The third-order valence-corrected chi connectivity index (χ3v) is 8.09. The van der Waals surface area contributed by atoms with Crippen molar-refractivity contribution in [1.29, 1.82) is 0 Å². The van der Waals surface area contributed by atoms with Crippen molar-refractivity contribution in [3.05, 3.63) is 54.1 Å². The van der Waals surface area contributed by atoms with Crippen LogP contribution in [0.1, 0.15) is 77.7 Å². The van der Waals surface area contributed by atoms with E-state index in [2.05, 4.69) is 62.5 Å². The molecule has 0 aliphatic heterocycles. The van der Waals surface area contributed by atoms with E-state index in [4.69, 9.17) is 9.47 Å². The quantitative estimate of drug-likeness (QED) is 0.338. The first-order valence-electron chi connectivity index (χ1n) is 13.5. The number of methoxy groups -OCH3 is 1. The van der Waals surface area contributed by atoms with Crippen LogP contribution in [0.15, 0.2) is 48.6 Å². The molecule has 4 heteroatoms. The Hall–Kier alpha value is -2.33. The summed E-state index contributed by atoms with van der Waals surface area (Å²) >= 11 is 0. The van der Waals surface area contributed by atoms with Crippen molar-refractivity contribution in [2.45, 2.75) is 90.8 Å². The van der Waals surface area contributed by atoms with E-state index in [1.54, 1.807) is 6.08 Å². The van der Waals surface area contributed by atoms with E-state index in [9.17, 15) is 4.79 Å². The third kappa shape index (κ3) is 7.33. The highest BCUT2D eigenvalue weighted by molar-refractivity contribution is 5.84. The van der Waals surface area contributed by atoms with Crippen LogP contribution in [0, 0.1) is 17.3 Å². The normalized spacial score (nSPS) is 25.6. The Morgan fingerprint density at radius 2 is 1.74 bits per heavy atom. The predicted molar refractivity (Wildman–Crippen MR) is 144 cm³/mol. The van der Waals surface area contributed by atoms with Gasteiger partial charge in [0.15, 0.2) is 0 Å². The van der Waals surface area contributed by atoms with E-state index in [1.807, 2.05) is 6.08 Å². The second kappa shape index (κ2) is 11.6. The van der Waals surface area contributed by atoms with Crippen molar-refractivity contribution >= 4 is 16.7 Å². The molecule has 2 aliphatic rings. The number of fused-ring (bicyclic) bond motifs is 1. The fourth-order valence-electron chi connectivity index (χ4n) is 5.83. The summed E-state index contributed by atoms with van der Waals surface area (Å²) in [7, 11) is 1.42. The molecule has 4 rings (SSSR count). The van der Waals surface area contributed by atoms with Crippen molar-refractivity contribution < 1.29 is 14.3 Å². The van der Waals surface area contributed by atoms with Gasteiger partial charge in [-0.15, -0.1) is 0 Å². The molecule has 4 nitrogen and oxygen atoms in total. The molecule has 0 heterocycles. The van der Waals surface area contributed by atoms with Gasteiger partial charge >= 0.3 is 5.97 Å². The first-order valence-corrected chi connectivity index (χ1v) is 13.5. The Morgan fingerprint density at radius 1 is 1.00 bits per heavy atom. The molecule has 0 bridgehead atoms. The molecular weight excluding hydrogens is 434 g/mol. The summed E-state index contributed by atoms with van der Waals surface area (Å²) in [6.07, 6.45) is 13.4. The van der Waals surface area contributed by atoms with Crippen molar-refractivity contribution in [2.24, 2.45) is 17.3 Å². The van der Waals surface area contributed by atoms with Gasteiger partial charge in [0, 0.05) is 18.7 Å². The minimum absolute atomic E-state index is 0.266. The van der Waals surface area contributed by atoms with Crippen LogP contribution in [0.25, 0.3) is 10.8 Å². The smallest absolute Gasteiger partial charge is 0.330 e. The molecule has 2 aromatic carbocycles. The van der Waals surface area contributed by atoms with Crippen molar-refractivity contribution in [3.63, 3.8) is 0 Å². The van der Waals surface area contributed by atoms with Gasteiger partial charge in [0.1, 0.15) is 5.75 Å². The molecule has 1 N–H and O–H groups in total. The van der Waals surface area contributed by atoms with E-state index in [0.29, 0.717) is 23.5 Å². The van der Waals surface area contributed by atoms with E-state index >= 15 is 0 Å². The molecule has 2 aromatic rings. The number of allylic oxidation sites excluding steroid dienone is 1. The van der Waals surface area contributed by atoms with E-state index in [0.717, 1.165) is 43.9 Å². The van der Waals surface area contributed by atoms with Crippen LogP contribution in [0.4, 0.5) is 0 Å². The fraction of sp³-hybridized carbons (Fsp3) is 0.581. The largest absolute Gasteiger partial charge is 0.490 e. The molecule has 2 fully saturated rings. The number of esters is 1. The summed E-state index contributed by atoms with van der Waals surface area (Å²) in [5.74, 6) is 1.98. The summed E-state index contributed by atoms with van der Waals surface area (Å²) in [5, 5.41) is 6.24. The lowest BCUT2D eigenvalue weighted by Crippen LogP contribution is -2.33. The third-order valence-electron chi connectivity index (χ3n) is 8.09. The molecule has 0 saturated heterocycles. The first-order chi connectivity index (χ1) is 16.8. The van der Waals surface area contributed by atoms with Crippen LogP contribution >= 0.6 is 0 Å². The molecule has 2 atom stereocenters. The topological polar surface area (TPSA) is 47.6 Å². The van der Waals surface area contributed by atoms with Crippen LogP contribution < -0.4 is 10.1 Å². The highest BCUT2D eigenvalue weighted by Gasteiger charge is 2.30. The highest BCUT2D eigenvalue weighted by Crippen LogP contribution is 2.39. The van der Waals surface area contributed by atoms with Gasteiger partial charge in [0.25, 0.3) is 0 Å². The number of rotatable bonds is 7. The molecule has 2 unspecified atom stereocenters. The number of ether oxygens (including phenoxy) is 2. The highest BCUT2D eigenvalue weighted by atomic mass is 16.5. The Bertz CT molecular complexity index is 1010. The first kappa shape index (κ1) is 25.8. The second-order valence-electron chi connectivity index (χ2n) is 11.7. The van der Waals surface area contributed by atoms with Crippen LogP contribution in [-0.2, 0) is 16.1 Å². The summed E-state index contributed by atoms with van der Waals surface area (Å²) < 4.78 is 11.1. The van der Waals surface area contributed by atoms with Gasteiger partial charge in [-0.05, 0) is 96.7 Å². The van der Waals surface area contributed by atoms with Gasteiger partial charge in [0.2, 0.25) is 0 Å². The number of nitrogens with one attached hydrogen (secondary N) is 1. The Labute approximate surface area is 211 Å². The second-order valence-corrected chi connectivity index (χ2v) is 11.7. The standard InChI is InChI=1S/C31H43NO3/c1-31(2,3)26-12-15-28(16-13-26)35-29-14-11-24-18-23(8-10-25(24)20-29)21-32-27-7-5-6-22(19-27)9-17-30(33)34-4/h8-11,14,17-18,20,22,26-28,32H,5-7,12-13,15-16,19,21H2,1-4H3. The Balaban J connectivity index is 1.29. The maximum atomic E-state index is 11.4. The van der Waals surface area contributed by atoms with Crippen LogP contribution in [0.5, 0.6) is 5.75 Å². The molecule has 0 amide bonds. The molecule has 190 valence electrons. The lowest BCUT2D eigenvalue weighted by molar-refractivity contribution is -0.134. The van der Waals surface area contributed by atoms with Crippen LogP contribution in [0.3, 0.4) is 0 Å². The number of benzene rings is 2. The molecule has 0 radical (unpaired) electrons. The fourth-order valence-corrected chi connectivity index (χ4v) is 5.83. The minimum atomic E-state index is -0.266. The van der Waals surface area contributed by atoms with Crippen molar-refractivity contribution in [1.82, 2.24) is 5.32 Å². The van der Waals surface area contributed by atoms with Gasteiger partial charge in [-0.25, -0.2) is 4.79 Å². The monoisotopic (exact) mass is 477 g/mol. The lowest BCUT2D eigenvalue weighted by atomic mass is 9.72. The van der Waals surface area contributed by atoms with E-state index in [-0.39, 0.29) is 5.97 Å². The number of carbonyl (C=O) groups is 1. The number of hydrogen-bond donors (Lipinski definition) is 1. The van der Waals surface area contributed by atoms with E-state index in [1.165, 1.54) is 49.1 Å². The lowest BCUT2D eigenvalue weighted by Gasteiger charge is -2.37. The molecule has 0 spiro atoms. The van der Waals surface area contributed by atoms with Gasteiger partial charge in [0.05, 0.1) is 13.2 Å². The zero-order valence-corrected chi connectivity index (χ0v) is 22.0. The van der Waals surface area contributed by atoms with Crippen molar-refractivity contribution in [3.8, 4) is 5.75 Å². The van der Waals surface area contributed by atoms with Crippen molar-refractivity contribution in [2.75, 3.05) is 7.11 Å². The van der Waals surface area contributed by atoms with Gasteiger partial charge in [-0.2, -0.15) is 0 Å². The summed E-state index contributed by atoms with van der Waals surface area (Å²) in [6.45, 7) is 7.96. The van der Waals surface area contributed by atoms with Crippen LogP contribution in [0.2, 0.25) is 0 Å².